The maximum atomic E-state index is 11.8. The molecule has 1 fully saturated rings. The highest BCUT2D eigenvalue weighted by molar-refractivity contribution is 5.77. The van der Waals surface area contributed by atoms with Gasteiger partial charge < -0.3 is 15.5 Å². The number of carbonyl (C=O) groups is 1. The lowest BCUT2D eigenvalue weighted by molar-refractivity contribution is -0.127. The van der Waals surface area contributed by atoms with E-state index in [4.69, 9.17) is 5.11 Å². The van der Waals surface area contributed by atoms with E-state index in [1.54, 1.807) is 0 Å². The first-order valence-electron chi connectivity index (χ1n) is 7.19. The lowest BCUT2D eigenvalue weighted by Gasteiger charge is -2.31. The lowest BCUT2D eigenvalue weighted by atomic mass is 9.82. The molecule has 18 heavy (non-hydrogen) atoms. The van der Waals surface area contributed by atoms with Crippen LogP contribution >= 0.6 is 0 Å². The van der Waals surface area contributed by atoms with Crippen LogP contribution in [0.2, 0.25) is 0 Å². The molecule has 1 aliphatic rings. The summed E-state index contributed by atoms with van der Waals surface area (Å²) in [4.78, 5) is 11.8. The second-order valence-electron chi connectivity index (χ2n) is 5.55. The molecule has 1 aliphatic carbocycles. The summed E-state index contributed by atoms with van der Waals surface area (Å²) in [6.07, 6.45) is 6.59. The summed E-state index contributed by atoms with van der Waals surface area (Å²) in [5.74, 6) is 0.274. The van der Waals surface area contributed by atoms with Gasteiger partial charge in [0.15, 0.2) is 0 Å². The topological polar surface area (TPSA) is 69.6 Å². The van der Waals surface area contributed by atoms with Gasteiger partial charge in [0.2, 0.25) is 5.91 Å². The molecule has 1 unspecified atom stereocenters. The van der Waals surface area contributed by atoms with Crippen LogP contribution in [0.15, 0.2) is 0 Å². The van der Waals surface area contributed by atoms with Gasteiger partial charge in [-0.2, -0.15) is 0 Å². The molecule has 0 aliphatic heterocycles. The Bertz CT molecular complexity index is 249. The van der Waals surface area contributed by atoms with Gasteiger partial charge in [0.05, 0.1) is 12.0 Å². The van der Waals surface area contributed by atoms with Crippen LogP contribution in [0.25, 0.3) is 0 Å². The fraction of sp³-hybridized carbons (Fsp3) is 0.929. The summed E-state index contributed by atoms with van der Waals surface area (Å²) < 4.78 is 0. The number of nitrogens with one attached hydrogen (secondary N) is 1. The minimum Gasteiger partial charge on any atom is -0.396 e. The SMILES string of the molecule is CCC(CCO)CNC(=O)CC1(O)CCCCC1. The molecule has 1 rings (SSSR count). The molecule has 3 N–H and O–H groups in total. The van der Waals surface area contributed by atoms with E-state index in [1.807, 2.05) is 0 Å². The Morgan fingerprint density at radius 3 is 2.56 bits per heavy atom. The van der Waals surface area contributed by atoms with Gasteiger partial charge in [-0.15, -0.1) is 0 Å². The van der Waals surface area contributed by atoms with Crippen molar-refractivity contribution in [2.24, 2.45) is 5.92 Å². The van der Waals surface area contributed by atoms with Crippen LogP contribution in [-0.2, 0) is 4.79 Å². The van der Waals surface area contributed by atoms with Gasteiger partial charge >= 0.3 is 0 Å². The minimum absolute atomic E-state index is 0.0595. The van der Waals surface area contributed by atoms with E-state index in [0.29, 0.717) is 12.5 Å². The minimum atomic E-state index is -0.777. The van der Waals surface area contributed by atoms with Crippen LogP contribution in [0.1, 0.15) is 58.3 Å². The van der Waals surface area contributed by atoms with Crippen molar-refractivity contribution in [3.05, 3.63) is 0 Å². The molecule has 0 radical (unpaired) electrons. The molecule has 0 aromatic carbocycles. The molecule has 0 aromatic rings. The zero-order valence-corrected chi connectivity index (χ0v) is 11.5. The molecule has 0 saturated heterocycles. The third-order valence-corrected chi connectivity index (χ3v) is 3.98. The van der Waals surface area contributed by atoms with Gasteiger partial charge in [-0.1, -0.05) is 32.6 Å². The first-order chi connectivity index (χ1) is 8.59. The number of hydrogen-bond donors (Lipinski definition) is 3. The summed E-state index contributed by atoms with van der Waals surface area (Å²) in [5, 5.41) is 22.0. The predicted octanol–water partition coefficient (Wildman–Crippen LogP) is 1.60. The fourth-order valence-electron chi connectivity index (χ4n) is 2.64. The van der Waals surface area contributed by atoms with Gasteiger partial charge in [-0.05, 0) is 25.2 Å². The second kappa shape index (κ2) is 7.74. The van der Waals surface area contributed by atoms with Gasteiger partial charge in [0, 0.05) is 13.2 Å². The summed E-state index contributed by atoms with van der Waals surface area (Å²) in [6, 6.07) is 0. The van der Waals surface area contributed by atoms with Gasteiger partial charge in [-0.3, -0.25) is 4.79 Å². The van der Waals surface area contributed by atoms with Crippen molar-refractivity contribution in [3.8, 4) is 0 Å². The van der Waals surface area contributed by atoms with Crippen molar-refractivity contribution in [1.29, 1.82) is 0 Å². The molecule has 4 nitrogen and oxygen atoms in total. The molecule has 106 valence electrons. The summed E-state index contributed by atoms with van der Waals surface area (Å²) in [7, 11) is 0. The Morgan fingerprint density at radius 2 is 2.00 bits per heavy atom. The van der Waals surface area contributed by atoms with Crippen molar-refractivity contribution in [2.75, 3.05) is 13.2 Å². The molecule has 0 bridgehead atoms. The second-order valence-corrected chi connectivity index (χ2v) is 5.55. The molecule has 1 atom stereocenters. The van der Waals surface area contributed by atoms with E-state index >= 15 is 0 Å². The zero-order chi connectivity index (χ0) is 13.4. The van der Waals surface area contributed by atoms with Crippen LogP contribution in [0, 0.1) is 5.92 Å². The molecule has 1 saturated carbocycles. The van der Waals surface area contributed by atoms with Crippen molar-refractivity contribution in [2.45, 2.75) is 63.9 Å². The first-order valence-corrected chi connectivity index (χ1v) is 7.19. The standard InChI is InChI=1S/C14H27NO3/c1-2-12(6-9-16)11-15-13(17)10-14(18)7-4-3-5-8-14/h12,16,18H,2-11H2,1H3,(H,15,17). The Kier molecular flexibility index (Phi) is 6.65. The maximum Gasteiger partial charge on any atom is 0.222 e. The smallest absolute Gasteiger partial charge is 0.222 e. The molecule has 1 amide bonds. The number of rotatable bonds is 7. The van der Waals surface area contributed by atoms with Crippen LogP contribution in [0.5, 0.6) is 0 Å². The molecule has 0 heterocycles. The first kappa shape index (κ1) is 15.4. The fourth-order valence-corrected chi connectivity index (χ4v) is 2.64. The van der Waals surface area contributed by atoms with E-state index in [1.165, 1.54) is 6.42 Å². The van der Waals surface area contributed by atoms with E-state index in [9.17, 15) is 9.90 Å². The van der Waals surface area contributed by atoms with Crippen molar-refractivity contribution < 1.29 is 15.0 Å². The van der Waals surface area contributed by atoms with Crippen LogP contribution in [0.3, 0.4) is 0 Å². The van der Waals surface area contributed by atoms with Crippen LogP contribution in [0.4, 0.5) is 0 Å². The largest absolute Gasteiger partial charge is 0.396 e. The van der Waals surface area contributed by atoms with Gasteiger partial charge in [-0.25, -0.2) is 0 Å². The average molecular weight is 257 g/mol. The molecule has 4 heteroatoms. The van der Waals surface area contributed by atoms with E-state index in [2.05, 4.69) is 12.2 Å². The highest BCUT2D eigenvalue weighted by atomic mass is 16.3. The van der Waals surface area contributed by atoms with Crippen LogP contribution in [-0.4, -0.2) is 34.9 Å². The number of amides is 1. The Morgan fingerprint density at radius 1 is 1.33 bits per heavy atom. The highest BCUT2D eigenvalue weighted by Crippen LogP contribution is 2.30. The quantitative estimate of drug-likeness (QED) is 0.649. The van der Waals surface area contributed by atoms with Gasteiger partial charge in [0.25, 0.3) is 0 Å². The van der Waals surface area contributed by atoms with E-state index in [-0.39, 0.29) is 18.9 Å². The predicted molar refractivity (Wildman–Crippen MR) is 71.1 cm³/mol. The monoisotopic (exact) mass is 257 g/mol. The number of hydrogen-bond acceptors (Lipinski definition) is 3. The normalized spacial score (nSPS) is 20.4. The summed E-state index contributed by atoms with van der Waals surface area (Å²) in [5.41, 5.74) is -0.777. The number of aliphatic hydroxyl groups excluding tert-OH is 1. The van der Waals surface area contributed by atoms with E-state index in [0.717, 1.165) is 38.5 Å². The van der Waals surface area contributed by atoms with Crippen molar-refractivity contribution in [1.82, 2.24) is 5.32 Å². The van der Waals surface area contributed by atoms with E-state index < -0.39 is 5.60 Å². The molecular formula is C14H27NO3. The number of aliphatic hydroxyl groups is 2. The Balaban J connectivity index is 2.27. The number of carbonyl (C=O) groups excluding carboxylic acids is 1. The summed E-state index contributed by atoms with van der Waals surface area (Å²) in [6.45, 7) is 2.82. The van der Waals surface area contributed by atoms with Crippen molar-refractivity contribution >= 4 is 5.91 Å². The summed E-state index contributed by atoms with van der Waals surface area (Å²) >= 11 is 0. The van der Waals surface area contributed by atoms with Crippen molar-refractivity contribution in [3.63, 3.8) is 0 Å². The van der Waals surface area contributed by atoms with Crippen LogP contribution < -0.4 is 5.32 Å². The maximum absolute atomic E-state index is 11.8. The third-order valence-electron chi connectivity index (χ3n) is 3.98. The van der Waals surface area contributed by atoms with Gasteiger partial charge in [0.1, 0.15) is 0 Å². The molecular weight excluding hydrogens is 230 g/mol. The Labute approximate surface area is 110 Å². The zero-order valence-electron chi connectivity index (χ0n) is 11.5. The molecule has 0 spiro atoms. The Hall–Kier alpha value is -0.610. The lowest BCUT2D eigenvalue weighted by Crippen LogP contribution is -2.39. The average Bonchev–Trinajstić information content (AvgIpc) is 2.34. The molecule has 0 aromatic heterocycles. The third kappa shape index (κ3) is 5.36. The highest BCUT2D eigenvalue weighted by Gasteiger charge is 2.31.